The van der Waals surface area contributed by atoms with Crippen molar-refractivity contribution in [3.63, 3.8) is 0 Å². The number of hydrogen-bond donors (Lipinski definition) is 0. The van der Waals surface area contributed by atoms with Crippen molar-refractivity contribution in [2.24, 2.45) is 0 Å². The number of ether oxygens (including phenoxy) is 1. The van der Waals surface area contributed by atoms with E-state index in [0.717, 1.165) is 29.1 Å². The standard InChI is InChI=1S/C25H26N2O3S/c1-18-9-11-21(12-10-18)31-17-20-14-23(28)24(30-2)15-26(20)16-25(29)27-13-5-7-19-6-3-4-8-22(19)27/h3-4,6,8-12,14-15H,5,7,13,16-17H2,1-2H3. The number of pyridine rings is 1. The summed E-state index contributed by atoms with van der Waals surface area (Å²) in [7, 11) is 1.48. The van der Waals surface area contributed by atoms with Crippen LogP contribution in [-0.4, -0.2) is 24.1 Å². The van der Waals surface area contributed by atoms with Gasteiger partial charge in [0, 0.05) is 34.6 Å². The number of benzene rings is 2. The van der Waals surface area contributed by atoms with Crippen LogP contribution >= 0.6 is 11.8 Å². The third-order valence-electron chi connectivity index (χ3n) is 5.53. The number of thioether (sulfide) groups is 1. The van der Waals surface area contributed by atoms with Crippen molar-refractivity contribution in [2.45, 2.75) is 37.0 Å². The molecule has 2 heterocycles. The fourth-order valence-electron chi connectivity index (χ4n) is 3.83. The highest BCUT2D eigenvalue weighted by molar-refractivity contribution is 7.98. The van der Waals surface area contributed by atoms with E-state index in [-0.39, 0.29) is 23.6 Å². The van der Waals surface area contributed by atoms with Crippen LogP contribution in [0, 0.1) is 6.92 Å². The molecule has 0 bridgehead atoms. The van der Waals surface area contributed by atoms with E-state index in [1.54, 1.807) is 24.0 Å². The lowest BCUT2D eigenvalue weighted by Crippen LogP contribution is -2.38. The predicted octanol–water partition coefficient (Wildman–Crippen LogP) is 4.44. The third-order valence-corrected chi connectivity index (χ3v) is 6.57. The van der Waals surface area contributed by atoms with Gasteiger partial charge >= 0.3 is 0 Å². The molecule has 31 heavy (non-hydrogen) atoms. The molecule has 1 aliphatic heterocycles. The Morgan fingerprint density at radius 2 is 1.90 bits per heavy atom. The highest BCUT2D eigenvalue weighted by Crippen LogP contribution is 2.28. The summed E-state index contributed by atoms with van der Waals surface area (Å²) in [5, 5.41) is 0. The molecule has 2 aromatic carbocycles. The normalized spacial score (nSPS) is 13.0. The van der Waals surface area contributed by atoms with Gasteiger partial charge in [0.05, 0.1) is 13.3 Å². The lowest BCUT2D eigenvalue weighted by molar-refractivity contribution is -0.119. The SMILES string of the molecule is COc1cn(CC(=O)N2CCCc3ccccc32)c(CSc2ccc(C)cc2)cc1=O. The fourth-order valence-corrected chi connectivity index (χ4v) is 4.73. The van der Waals surface area contributed by atoms with Crippen LogP contribution in [0.15, 0.2) is 70.5 Å². The van der Waals surface area contributed by atoms with Gasteiger partial charge in [-0.25, -0.2) is 0 Å². The van der Waals surface area contributed by atoms with E-state index in [1.807, 2.05) is 27.7 Å². The number of hydrogen-bond acceptors (Lipinski definition) is 4. The summed E-state index contributed by atoms with van der Waals surface area (Å²) < 4.78 is 7.08. The molecule has 1 amide bonds. The van der Waals surface area contributed by atoms with Crippen LogP contribution < -0.4 is 15.1 Å². The van der Waals surface area contributed by atoms with Gasteiger partial charge in [0.1, 0.15) is 6.54 Å². The van der Waals surface area contributed by atoms with Crippen molar-refractivity contribution in [1.82, 2.24) is 4.57 Å². The Morgan fingerprint density at radius 3 is 2.68 bits per heavy atom. The second-order valence-corrected chi connectivity index (χ2v) is 8.75. The van der Waals surface area contributed by atoms with Crippen molar-refractivity contribution in [1.29, 1.82) is 0 Å². The molecule has 4 rings (SSSR count). The van der Waals surface area contributed by atoms with E-state index in [1.165, 1.54) is 18.2 Å². The Bertz CT molecular complexity index is 1140. The van der Waals surface area contributed by atoms with Crippen LogP contribution in [-0.2, 0) is 23.5 Å². The summed E-state index contributed by atoms with van der Waals surface area (Å²) >= 11 is 1.64. The van der Waals surface area contributed by atoms with Crippen molar-refractivity contribution in [3.8, 4) is 5.75 Å². The van der Waals surface area contributed by atoms with Gasteiger partial charge in [-0.05, 0) is 43.5 Å². The largest absolute Gasteiger partial charge is 0.491 e. The summed E-state index contributed by atoms with van der Waals surface area (Å²) in [4.78, 5) is 28.6. The van der Waals surface area contributed by atoms with Gasteiger partial charge in [0.15, 0.2) is 5.75 Å². The second-order valence-electron chi connectivity index (χ2n) is 7.70. The zero-order valence-corrected chi connectivity index (χ0v) is 18.7. The molecular formula is C25H26N2O3S. The Hall–Kier alpha value is -2.99. The zero-order valence-electron chi connectivity index (χ0n) is 17.8. The minimum atomic E-state index is -0.172. The zero-order chi connectivity index (χ0) is 21.8. The van der Waals surface area contributed by atoms with E-state index in [0.29, 0.717) is 12.3 Å². The molecule has 5 nitrogen and oxygen atoms in total. The fraction of sp³-hybridized carbons (Fsp3) is 0.280. The first-order valence-electron chi connectivity index (χ1n) is 10.4. The van der Waals surface area contributed by atoms with Gasteiger partial charge in [-0.3, -0.25) is 9.59 Å². The summed E-state index contributed by atoms with van der Waals surface area (Å²) in [6.45, 7) is 2.93. The second kappa shape index (κ2) is 9.43. The van der Waals surface area contributed by atoms with Crippen LogP contribution in [0.2, 0.25) is 0 Å². The number of aromatic nitrogens is 1. The molecule has 1 aliphatic rings. The van der Waals surface area contributed by atoms with Crippen molar-refractivity contribution in [3.05, 3.63) is 87.8 Å². The Morgan fingerprint density at radius 1 is 1.13 bits per heavy atom. The molecule has 0 unspecified atom stereocenters. The van der Waals surface area contributed by atoms with Gasteiger partial charge in [-0.1, -0.05) is 35.9 Å². The molecule has 0 radical (unpaired) electrons. The van der Waals surface area contributed by atoms with E-state index >= 15 is 0 Å². The molecule has 0 N–H and O–H groups in total. The first-order valence-corrected chi connectivity index (χ1v) is 11.4. The number of amides is 1. The topological polar surface area (TPSA) is 51.5 Å². The van der Waals surface area contributed by atoms with Crippen molar-refractivity contribution in [2.75, 3.05) is 18.6 Å². The number of anilines is 1. The van der Waals surface area contributed by atoms with Crippen LogP contribution in [0.3, 0.4) is 0 Å². The first-order chi connectivity index (χ1) is 15.0. The molecule has 0 fully saturated rings. The number of aryl methyl sites for hydroxylation is 2. The highest BCUT2D eigenvalue weighted by atomic mass is 32.2. The maximum absolute atomic E-state index is 13.3. The first kappa shape index (κ1) is 21.2. The quantitative estimate of drug-likeness (QED) is 0.539. The van der Waals surface area contributed by atoms with Crippen LogP contribution in [0.4, 0.5) is 5.69 Å². The molecule has 0 saturated heterocycles. The molecule has 0 saturated carbocycles. The van der Waals surface area contributed by atoms with Crippen LogP contribution in [0.1, 0.15) is 23.2 Å². The maximum Gasteiger partial charge on any atom is 0.246 e. The number of carbonyl (C=O) groups is 1. The average Bonchev–Trinajstić information content (AvgIpc) is 2.79. The number of fused-ring (bicyclic) bond motifs is 1. The van der Waals surface area contributed by atoms with Gasteiger partial charge in [0.2, 0.25) is 11.3 Å². The van der Waals surface area contributed by atoms with Crippen LogP contribution in [0.25, 0.3) is 0 Å². The Balaban J connectivity index is 1.58. The lowest BCUT2D eigenvalue weighted by atomic mass is 10.0. The molecule has 0 spiro atoms. The highest BCUT2D eigenvalue weighted by Gasteiger charge is 2.23. The summed E-state index contributed by atoms with van der Waals surface area (Å²) in [5.41, 5.74) is 4.03. The van der Waals surface area contributed by atoms with Gasteiger partial charge < -0.3 is 14.2 Å². The maximum atomic E-state index is 13.3. The van der Waals surface area contributed by atoms with E-state index in [2.05, 4.69) is 37.3 Å². The predicted molar refractivity (Wildman–Crippen MR) is 125 cm³/mol. The molecule has 160 valence electrons. The minimum Gasteiger partial charge on any atom is -0.491 e. The Kier molecular flexibility index (Phi) is 6.47. The number of para-hydroxylation sites is 1. The van der Waals surface area contributed by atoms with E-state index < -0.39 is 0 Å². The number of carbonyl (C=O) groups excluding carboxylic acids is 1. The Labute approximate surface area is 186 Å². The molecule has 0 aliphatic carbocycles. The monoisotopic (exact) mass is 434 g/mol. The number of methoxy groups -OCH3 is 1. The molecule has 6 heteroatoms. The smallest absolute Gasteiger partial charge is 0.246 e. The summed E-state index contributed by atoms with van der Waals surface area (Å²) in [6, 6.07) is 17.9. The lowest BCUT2D eigenvalue weighted by Gasteiger charge is -2.30. The van der Waals surface area contributed by atoms with Crippen molar-refractivity contribution < 1.29 is 9.53 Å². The molecule has 0 atom stereocenters. The summed E-state index contributed by atoms with van der Waals surface area (Å²) in [5.74, 6) is 0.849. The van der Waals surface area contributed by atoms with Gasteiger partial charge in [-0.2, -0.15) is 0 Å². The minimum absolute atomic E-state index is 0.0134. The number of rotatable bonds is 6. The van der Waals surface area contributed by atoms with Gasteiger partial charge in [0.25, 0.3) is 0 Å². The van der Waals surface area contributed by atoms with Gasteiger partial charge in [-0.15, -0.1) is 11.8 Å². The molecular weight excluding hydrogens is 408 g/mol. The van der Waals surface area contributed by atoms with Crippen LogP contribution in [0.5, 0.6) is 5.75 Å². The molecule has 1 aromatic heterocycles. The molecule has 3 aromatic rings. The third kappa shape index (κ3) is 4.85. The van der Waals surface area contributed by atoms with E-state index in [9.17, 15) is 9.59 Å². The van der Waals surface area contributed by atoms with E-state index in [4.69, 9.17) is 4.74 Å². The van der Waals surface area contributed by atoms with Crippen molar-refractivity contribution >= 4 is 23.4 Å². The number of nitrogens with zero attached hydrogens (tertiary/aromatic N) is 2. The average molecular weight is 435 g/mol. The summed E-state index contributed by atoms with van der Waals surface area (Å²) in [6.07, 6.45) is 3.59.